The average Bonchev–Trinajstić information content (AvgIpc) is 2.96. The van der Waals surface area contributed by atoms with Crippen molar-refractivity contribution in [3.8, 4) is 0 Å². The summed E-state index contributed by atoms with van der Waals surface area (Å²) in [5.41, 5.74) is 0.619. The molecule has 2 fully saturated rings. The molecule has 244 valence electrons. The van der Waals surface area contributed by atoms with Crippen LogP contribution in [0.2, 0.25) is 0 Å². The van der Waals surface area contributed by atoms with Gasteiger partial charge in [-0.1, -0.05) is 38.1 Å². The second-order valence-corrected chi connectivity index (χ2v) is 12.1. The summed E-state index contributed by atoms with van der Waals surface area (Å²) in [5.74, 6) is -22.5. The van der Waals surface area contributed by atoms with Crippen LogP contribution >= 0.6 is 0 Å². The van der Waals surface area contributed by atoms with Gasteiger partial charge in [-0.05, 0) is 57.7 Å². The number of nitrogens with zero attached hydrogens (tertiary/aromatic N) is 2. The van der Waals surface area contributed by atoms with Gasteiger partial charge >= 0.3 is 41.2 Å². The zero-order chi connectivity index (χ0) is 34.2. The number of aliphatic hydroxyl groups is 12. The normalized spacial score (nSPS) is 25.1. The number of carbonyl (C=O) groups is 1. The highest BCUT2D eigenvalue weighted by Crippen LogP contribution is 2.54. The Hall–Kier alpha value is -3.88. The molecule has 0 bridgehead atoms. The maximum Gasteiger partial charge on any atom is 0.456 e. The van der Waals surface area contributed by atoms with E-state index in [-0.39, 0.29) is 26.4 Å². The van der Waals surface area contributed by atoms with Gasteiger partial charge in [-0.25, -0.2) is 4.79 Å². The van der Waals surface area contributed by atoms with E-state index >= 15 is 0 Å². The minimum atomic E-state index is -3.78. The van der Waals surface area contributed by atoms with Crippen molar-refractivity contribution in [3.63, 3.8) is 0 Å². The molecule has 0 radical (unpaired) electrons. The molecule has 16 heteroatoms. The molecular weight excluding hydrogens is 612 g/mol. The largest absolute Gasteiger partial charge is 0.465 e. The van der Waals surface area contributed by atoms with E-state index in [1.807, 2.05) is 0 Å². The first kappa shape index (κ1) is 32.1. The number of esters is 1. The smallest absolute Gasteiger partial charge is 0.456 e. The molecule has 2 saturated heterocycles. The number of methoxy groups -OCH3 is 1. The number of carbonyl (C=O) groups excluding carboxylic acids is 1. The van der Waals surface area contributed by atoms with Crippen LogP contribution in [0.1, 0.15) is 40.9 Å². The second-order valence-electron chi connectivity index (χ2n) is 12.1. The number of rotatable bonds is 3. The third kappa shape index (κ3) is 3.57. The van der Waals surface area contributed by atoms with E-state index in [9.17, 15) is 66.1 Å². The van der Waals surface area contributed by atoms with Crippen LogP contribution in [0.4, 0.5) is 5.69 Å². The van der Waals surface area contributed by atoms with Crippen molar-refractivity contribution in [3.05, 3.63) is 94.1 Å². The van der Waals surface area contributed by atoms with Crippen molar-refractivity contribution < 1.29 is 75.4 Å². The van der Waals surface area contributed by atoms with Crippen LogP contribution in [0, 0.1) is 0 Å². The Morgan fingerprint density at radius 1 is 0.761 bits per heavy atom. The fraction of sp³-hybridized carbons (Fsp3) is 0.333. The van der Waals surface area contributed by atoms with Gasteiger partial charge < -0.3 is 66.0 Å². The van der Waals surface area contributed by atoms with Crippen LogP contribution in [0.25, 0.3) is 5.57 Å². The average molecular weight is 644 g/mol. The topological polar surface area (TPSA) is 275 Å². The van der Waals surface area contributed by atoms with Gasteiger partial charge in [0.15, 0.2) is 0 Å². The van der Waals surface area contributed by atoms with Crippen molar-refractivity contribution in [1.29, 1.82) is 0 Å². The number of allylic oxidation sites excluding steroid dienone is 5. The van der Waals surface area contributed by atoms with Gasteiger partial charge in [-0.3, -0.25) is 4.90 Å². The Balaban J connectivity index is 1.65. The molecule has 4 aliphatic rings. The lowest BCUT2D eigenvalue weighted by atomic mass is 9.64. The van der Waals surface area contributed by atoms with E-state index in [1.54, 1.807) is 32.0 Å². The van der Waals surface area contributed by atoms with Crippen LogP contribution in [-0.4, -0.2) is 120 Å². The molecular formula is C30H31N2O14+. The molecule has 0 atom stereocenters. The molecule has 16 nitrogen and oxygen atoms in total. The van der Waals surface area contributed by atoms with E-state index < -0.39 is 46.6 Å². The van der Waals surface area contributed by atoms with E-state index in [0.717, 1.165) is 0 Å². The molecule has 12 N–H and O–H groups in total. The summed E-state index contributed by atoms with van der Waals surface area (Å²) < 4.78 is 5.12. The molecule has 0 spiro atoms. The summed E-state index contributed by atoms with van der Waals surface area (Å²) in [5, 5.41) is 123. The van der Waals surface area contributed by atoms with Crippen molar-refractivity contribution in [2.75, 3.05) is 12.0 Å². The maximum absolute atomic E-state index is 12.9. The SMILES string of the molecule is COC(=O)c1ccccc1C1=C2C=CC(=[N+]3C(O)(O)C(O)(O)C3(O)O)C=C2C(C)(C)c2cc(N3C(O)(O)C(O)(O)C3(O)O)ccc21. The molecule has 0 unspecified atom stereocenters. The standard InChI is InChI=1S/C30H31N2O14/c1-24(2)20-12-14(31-27(38,39)25(34,35)28(31,40)41)8-10-18(20)22(16-6-4-5-7-17(16)23(33)46-3)19-11-9-15(13-21(19)24)32-29(42,43)26(36,37)30(32,44)45/h4-13,34-45H,1-3H3/q+1. The molecule has 2 aromatic rings. The summed E-state index contributed by atoms with van der Waals surface area (Å²) >= 11 is 0. The zero-order valence-corrected chi connectivity index (χ0v) is 24.4. The van der Waals surface area contributed by atoms with Gasteiger partial charge in [0.25, 0.3) is 0 Å². The summed E-state index contributed by atoms with van der Waals surface area (Å²) in [6, 6.07) is 10.4. The van der Waals surface area contributed by atoms with Crippen LogP contribution in [-0.2, 0) is 10.2 Å². The number of hydrogen-bond donors (Lipinski definition) is 12. The highest BCUT2D eigenvalue weighted by atomic mass is 16.7. The van der Waals surface area contributed by atoms with Crippen molar-refractivity contribution >= 4 is 22.9 Å². The van der Waals surface area contributed by atoms with E-state index in [0.29, 0.717) is 33.4 Å². The van der Waals surface area contributed by atoms with E-state index in [2.05, 4.69) is 0 Å². The number of fused-ring (bicyclic) bond motifs is 2. The maximum atomic E-state index is 12.9. The number of ether oxygens (including phenoxy) is 1. The highest BCUT2D eigenvalue weighted by molar-refractivity contribution is 6.08. The van der Waals surface area contributed by atoms with Crippen molar-refractivity contribution in [2.24, 2.45) is 0 Å². The van der Waals surface area contributed by atoms with Crippen LogP contribution in [0.5, 0.6) is 0 Å². The lowest BCUT2D eigenvalue weighted by Crippen LogP contribution is -2.92. The molecule has 6 rings (SSSR count). The highest BCUT2D eigenvalue weighted by Gasteiger charge is 2.90. The molecule has 0 aromatic heterocycles. The molecule has 2 aliphatic heterocycles. The minimum absolute atomic E-state index is 0.134. The van der Waals surface area contributed by atoms with E-state index in [4.69, 9.17) is 4.74 Å². The quantitative estimate of drug-likeness (QED) is 0.0870. The van der Waals surface area contributed by atoms with E-state index in [1.165, 1.54) is 49.6 Å². The fourth-order valence-corrected chi connectivity index (χ4v) is 6.50. The molecule has 0 amide bonds. The number of hydrogen-bond acceptors (Lipinski definition) is 15. The summed E-state index contributed by atoms with van der Waals surface area (Å²) in [6.45, 7) is 3.34. The van der Waals surface area contributed by atoms with Gasteiger partial charge in [0.05, 0.1) is 12.7 Å². The van der Waals surface area contributed by atoms with Crippen LogP contribution in [0.15, 0.2) is 71.8 Å². The third-order valence-corrected chi connectivity index (χ3v) is 9.13. The summed E-state index contributed by atoms with van der Waals surface area (Å²) in [6.07, 6.45) is 4.00. The first-order valence-corrected chi connectivity index (χ1v) is 13.6. The molecule has 2 heterocycles. The Morgan fingerprint density at radius 2 is 1.35 bits per heavy atom. The van der Waals surface area contributed by atoms with Gasteiger partial charge in [-0.15, -0.1) is 4.58 Å². The Bertz CT molecular complexity index is 1810. The Labute approximate surface area is 259 Å². The zero-order valence-electron chi connectivity index (χ0n) is 24.4. The predicted octanol–water partition coefficient (Wildman–Crippen LogP) is -3.73. The van der Waals surface area contributed by atoms with Gasteiger partial charge in [0.1, 0.15) is 0 Å². The van der Waals surface area contributed by atoms with Crippen molar-refractivity contribution in [1.82, 2.24) is 0 Å². The fourth-order valence-electron chi connectivity index (χ4n) is 6.50. The first-order valence-electron chi connectivity index (χ1n) is 13.6. The molecule has 2 aliphatic carbocycles. The van der Waals surface area contributed by atoms with Crippen molar-refractivity contribution in [2.45, 2.75) is 54.5 Å². The third-order valence-electron chi connectivity index (χ3n) is 9.13. The summed E-state index contributed by atoms with van der Waals surface area (Å²) in [7, 11) is 1.19. The Kier molecular flexibility index (Phi) is 6.37. The van der Waals surface area contributed by atoms with Gasteiger partial charge in [0, 0.05) is 23.3 Å². The molecule has 0 saturated carbocycles. The molecule has 2 aromatic carbocycles. The summed E-state index contributed by atoms with van der Waals surface area (Å²) in [4.78, 5) is 13.0. The first-order chi connectivity index (χ1) is 21.0. The van der Waals surface area contributed by atoms with Crippen LogP contribution < -0.4 is 4.90 Å². The number of anilines is 1. The lowest BCUT2D eigenvalue weighted by Gasteiger charge is -2.61. The monoisotopic (exact) mass is 643 g/mol. The minimum Gasteiger partial charge on any atom is -0.465 e. The van der Waals surface area contributed by atoms with Crippen LogP contribution in [0.3, 0.4) is 0 Å². The van der Waals surface area contributed by atoms with Gasteiger partial charge in [-0.2, -0.15) is 0 Å². The lowest BCUT2D eigenvalue weighted by molar-refractivity contribution is -0.953. The van der Waals surface area contributed by atoms with Gasteiger partial charge in [0.2, 0.25) is 5.71 Å². The second kappa shape index (κ2) is 9.14. The predicted molar refractivity (Wildman–Crippen MR) is 151 cm³/mol. The number of benzene rings is 2. The Morgan fingerprint density at radius 3 is 1.93 bits per heavy atom. The molecule has 46 heavy (non-hydrogen) atoms.